The fourth-order valence-corrected chi connectivity index (χ4v) is 4.30. The average Bonchev–Trinajstić information content (AvgIpc) is 2.83. The molecular formula is C28H25ClN2O4. The Balaban J connectivity index is 1.75. The molecule has 0 saturated carbocycles. The van der Waals surface area contributed by atoms with Crippen LogP contribution in [-0.4, -0.2) is 30.2 Å². The summed E-state index contributed by atoms with van der Waals surface area (Å²) in [5.41, 5.74) is 5.76. The molecule has 4 aromatic rings. The highest BCUT2D eigenvalue weighted by Gasteiger charge is 2.17. The molecule has 1 aromatic heterocycles. The highest BCUT2D eigenvalue weighted by atomic mass is 35.5. The molecule has 3 aromatic carbocycles. The molecule has 0 atom stereocenters. The van der Waals surface area contributed by atoms with Crippen molar-refractivity contribution in [2.24, 2.45) is 0 Å². The maximum Gasteiger partial charge on any atom is 0.248 e. The van der Waals surface area contributed by atoms with Gasteiger partial charge in [-0.3, -0.25) is 9.78 Å². The van der Waals surface area contributed by atoms with E-state index in [-0.39, 0.29) is 23.2 Å². The molecule has 0 bridgehead atoms. The quantitative estimate of drug-likeness (QED) is 0.301. The number of nitrogens with one attached hydrogen (secondary N) is 1. The van der Waals surface area contributed by atoms with E-state index in [2.05, 4.69) is 22.4 Å². The molecule has 6 nitrogen and oxygen atoms in total. The van der Waals surface area contributed by atoms with E-state index in [1.54, 1.807) is 24.4 Å². The summed E-state index contributed by atoms with van der Waals surface area (Å²) >= 11 is 6.57. The number of pyridine rings is 1. The predicted octanol–water partition coefficient (Wildman–Crippen LogP) is 6.55. The molecule has 0 aliphatic heterocycles. The number of halogens is 1. The molecule has 2 N–H and O–H groups in total. The number of phenols is 1. The first-order valence-corrected chi connectivity index (χ1v) is 11.3. The van der Waals surface area contributed by atoms with Crippen molar-refractivity contribution in [3.05, 3.63) is 82.5 Å². The average molecular weight is 489 g/mol. The minimum absolute atomic E-state index is 0.103. The van der Waals surface area contributed by atoms with Crippen molar-refractivity contribution in [2.75, 3.05) is 19.5 Å². The van der Waals surface area contributed by atoms with Gasteiger partial charge in [0.25, 0.3) is 0 Å². The van der Waals surface area contributed by atoms with Crippen LogP contribution in [-0.2, 0) is 4.79 Å². The lowest BCUT2D eigenvalue weighted by atomic mass is 9.96. The van der Waals surface area contributed by atoms with Crippen molar-refractivity contribution >= 4 is 40.2 Å². The molecule has 0 aliphatic rings. The van der Waals surface area contributed by atoms with Crippen molar-refractivity contribution in [3.8, 4) is 28.4 Å². The van der Waals surface area contributed by atoms with Gasteiger partial charge in [-0.25, -0.2) is 0 Å². The molecule has 178 valence electrons. The van der Waals surface area contributed by atoms with Crippen LogP contribution in [0.3, 0.4) is 0 Å². The zero-order valence-corrected chi connectivity index (χ0v) is 20.6. The molecule has 0 spiro atoms. The van der Waals surface area contributed by atoms with Gasteiger partial charge in [0.2, 0.25) is 11.7 Å². The largest absolute Gasteiger partial charge is 0.502 e. The van der Waals surface area contributed by atoms with Crippen molar-refractivity contribution in [1.82, 2.24) is 4.98 Å². The Labute approximate surface area is 208 Å². The van der Waals surface area contributed by atoms with Crippen LogP contribution >= 0.6 is 11.6 Å². The van der Waals surface area contributed by atoms with E-state index in [4.69, 9.17) is 21.1 Å². The lowest BCUT2D eigenvalue weighted by molar-refractivity contribution is -0.111. The van der Waals surface area contributed by atoms with E-state index in [0.29, 0.717) is 16.3 Å². The monoisotopic (exact) mass is 488 g/mol. The van der Waals surface area contributed by atoms with Crippen LogP contribution < -0.4 is 14.8 Å². The maximum atomic E-state index is 12.9. The normalized spacial score (nSPS) is 11.1. The Bertz CT molecular complexity index is 1440. The maximum absolute atomic E-state index is 12.9. The highest BCUT2D eigenvalue weighted by Crippen LogP contribution is 2.40. The summed E-state index contributed by atoms with van der Waals surface area (Å²) in [6, 6.07) is 14.9. The second-order valence-corrected chi connectivity index (χ2v) is 8.51. The van der Waals surface area contributed by atoms with Gasteiger partial charge in [-0.15, -0.1) is 0 Å². The van der Waals surface area contributed by atoms with E-state index in [1.165, 1.54) is 20.3 Å². The van der Waals surface area contributed by atoms with Crippen LogP contribution in [0.4, 0.5) is 5.69 Å². The number of aromatic hydroxyl groups is 1. The number of carbonyl (C=O) groups is 1. The van der Waals surface area contributed by atoms with Crippen molar-refractivity contribution in [2.45, 2.75) is 13.8 Å². The number of amides is 1. The Morgan fingerprint density at radius 3 is 2.40 bits per heavy atom. The van der Waals surface area contributed by atoms with Crippen LogP contribution in [0.15, 0.2) is 60.8 Å². The van der Waals surface area contributed by atoms with Crippen molar-refractivity contribution < 1.29 is 19.4 Å². The van der Waals surface area contributed by atoms with Gasteiger partial charge in [-0.05, 0) is 55.3 Å². The minimum Gasteiger partial charge on any atom is -0.502 e. The molecule has 7 heteroatoms. The fourth-order valence-electron chi connectivity index (χ4n) is 4.07. The van der Waals surface area contributed by atoms with E-state index >= 15 is 0 Å². The molecule has 4 rings (SSSR count). The van der Waals surface area contributed by atoms with Gasteiger partial charge in [-0.1, -0.05) is 41.4 Å². The number of fused-ring (bicyclic) bond motifs is 1. The summed E-state index contributed by atoms with van der Waals surface area (Å²) in [4.78, 5) is 17.6. The Kier molecular flexibility index (Phi) is 6.94. The van der Waals surface area contributed by atoms with E-state index < -0.39 is 0 Å². The van der Waals surface area contributed by atoms with E-state index in [1.807, 2.05) is 38.1 Å². The second kappa shape index (κ2) is 10.1. The number of ether oxygens (including phenoxy) is 2. The molecular weight excluding hydrogens is 464 g/mol. The number of hydrogen-bond acceptors (Lipinski definition) is 5. The van der Waals surface area contributed by atoms with Crippen LogP contribution in [0, 0.1) is 13.8 Å². The molecule has 1 amide bonds. The topological polar surface area (TPSA) is 80.7 Å². The molecule has 35 heavy (non-hydrogen) atoms. The Morgan fingerprint density at radius 1 is 1.06 bits per heavy atom. The van der Waals surface area contributed by atoms with Crippen LogP contribution in [0.2, 0.25) is 5.02 Å². The summed E-state index contributed by atoms with van der Waals surface area (Å²) in [6.45, 7) is 4.04. The van der Waals surface area contributed by atoms with Gasteiger partial charge in [0.1, 0.15) is 0 Å². The third kappa shape index (κ3) is 4.93. The standard InChI is InChI=1S/C28H25ClN2O4/c1-16-11-17(2)27-20(12-16)26(19-7-5-6-8-21(19)29)22(15-30-27)31-25(32)10-9-18-13-23(34-3)28(33)24(14-18)35-4/h5-15,33H,1-4H3,(H,31,32)/b10-9+. The molecule has 0 saturated heterocycles. The highest BCUT2D eigenvalue weighted by molar-refractivity contribution is 6.34. The van der Waals surface area contributed by atoms with Crippen LogP contribution in [0.1, 0.15) is 16.7 Å². The first-order valence-electron chi connectivity index (χ1n) is 10.9. The van der Waals surface area contributed by atoms with Crippen molar-refractivity contribution in [1.29, 1.82) is 0 Å². The molecule has 0 aliphatic carbocycles. The summed E-state index contributed by atoms with van der Waals surface area (Å²) in [5, 5.41) is 14.5. The SMILES string of the molecule is COc1cc(/C=C/C(=O)Nc2cnc3c(C)cc(C)cc3c2-c2ccccc2Cl)cc(OC)c1O. The number of aromatic nitrogens is 1. The summed E-state index contributed by atoms with van der Waals surface area (Å²) in [6.07, 6.45) is 4.66. The van der Waals surface area contributed by atoms with Gasteiger partial charge < -0.3 is 19.9 Å². The number of hydrogen-bond donors (Lipinski definition) is 2. The van der Waals surface area contributed by atoms with Gasteiger partial charge in [0, 0.05) is 27.6 Å². The number of benzene rings is 3. The lowest BCUT2D eigenvalue weighted by Gasteiger charge is -2.16. The van der Waals surface area contributed by atoms with Gasteiger partial charge >= 0.3 is 0 Å². The van der Waals surface area contributed by atoms with Crippen molar-refractivity contribution in [3.63, 3.8) is 0 Å². The number of methoxy groups -OCH3 is 2. The second-order valence-electron chi connectivity index (χ2n) is 8.10. The van der Waals surface area contributed by atoms with E-state index in [9.17, 15) is 9.90 Å². The summed E-state index contributed by atoms with van der Waals surface area (Å²) in [5.74, 6) is 0.0356. The number of nitrogens with zero attached hydrogens (tertiary/aromatic N) is 1. The Hall–Kier alpha value is -4.03. The third-order valence-electron chi connectivity index (χ3n) is 5.64. The Morgan fingerprint density at radius 2 is 1.74 bits per heavy atom. The number of anilines is 1. The molecule has 0 radical (unpaired) electrons. The summed E-state index contributed by atoms with van der Waals surface area (Å²) in [7, 11) is 2.89. The van der Waals surface area contributed by atoms with Crippen LogP contribution in [0.5, 0.6) is 17.2 Å². The van der Waals surface area contributed by atoms with Gasteiger partial charge in [0.15, 0.2) is 11.5 Å². The van der Waals surface area contributed by atoms with Gasteiger partial charge in [-0.2, -0.15) is 0 Å². The molecule has 1 heterocycles. The number of phenolic OH excluding ortho intramolecular Hbond substituents is 1. The lowest BCUT2D eigenvalue weighted by Crippen LogP contribution is -2.10. The number of rotatable bonds is 6. The van der Waals surface area contributed by atoms with E-state index in [0.717, 1.165) is 33.2 Å². The minimum atomic E-state index is -0.352. The molecule has 0 unspecified atom stereocenters. The first-order chi connectivity index (χ1) is 16.8. The number of aryl methyl sites for hydroxylation is 2. The smallest absolute Gasteiger partial charge is 0.248 e. The van der Waals surface area contributed by atoms with Crippen LogP contribution in [0.25, 0.3) is 28.1 Å². The zero-order chi connectivity index (χ0) is 25.1. The first kappa shape index (κ1) is 24.1. The summed E-state index contributed by atoms with van der Waals surface area (Å²) < 4.78 is 10.4. The fraction of sp³-hybridized carbons (Fsp3) is 0.143. The van der Waals surface area contributed by atoms with Gasteiger partial charge in [0.05, 0.1) is 31.6 Å². The molecule has 0 fully saturated rings. The number of carbonyl (C=O) groups excluding carboxylic acids is 1. The predicted molar refractivity (Wildman–Crippen MR) is 141 cm³/mol. The third-order valence-corrected chi connectivity index (χ3v) is 5.97. The zero-order valence-electron chi connectivity index (χ0n) is 19.8.